The Balaban J connectivity index is 1.80. The lowest BCUT2D eigenvalue weighted by atomic mass is 10.3. The van der Waals surface area contributed by atoms with Gasteiger partial charge in [-0.2, -0.15) is 11.3 Å². The fourth-order valence-corrected chi connectivity index (χ4v) is 3.37. The molecule has 2 heterocycles. The van der Waals surface area contributed by atoms with Gasteiger partial charge in [-0.15, -0.1) is 11.3 Å². The van der Waals surface area contributed by atoms with Gasteiger partial charge in [0.05, 0.1) is 12.8 Å². The number of hydrogen-bond donors (Lipinski definition) is 0. The van der Waals surface area contributed by atoms with Crippen LogP contribution in [0.15, 0.2) is 22.2 Å². The van der Waals surface area contributed by atoms with E-state index in [0.717, 1.165) is 30.2 Å². The van der Waals surface area contributed by atoms with E-state index in [2.05, 4.69) is 36.8 Å². The quantitative estimate of drug-likeness (QED) is 0.736. The standard InChI is InChI=1S/C14H18N2O2S2/c1-16(6-3-4-13(17)18-2)8-12-10-20-14(15-12)11-5-7-19-9-11/h5,7,9-10H,3-4,6,8H2,1-2H3. The molecule has 0 saturated heterocycles. The zero-order valence-corrected chi connectivity index (χ0v) is 13.3. The summed E-state index contributed by atoms with van der Waals surface area (Å²) >= 11 is 3.36. The molecule has 0 unspecified atom stereocenters. The number of esters is 1. The van der Waals surface area contributed by atoms with Crippen molar-refractivity contribution in [1.82, 2.24) is 9.88 Å². The molecular formula is C14H18N2O2S2. The molecule has 108 valence electrons. The number of rotatable bonds is 7. The molecule has 0 aromatic carbocycles. The van der Waals surface area contributed by atoms with E-state index in [-0.39, 0.29) is 5.97 Å². The van der Waals surface area contributed by atoms with Gasteiger partial charge in [-0.25, -0.2) is 4.98 Å². The molecule has 0 atom stereocenters. The van der Waals surface area contributed by atoms with Gasteiger partial charge in [0.1, 0.15) is 5.01 Å². The van der Waals surface area contributed by atoms with Crippen molar-refractivity contribution >= 4 is 28.6 Å². The summed E-state index contributed by atoms with van der Waals surface area (Å²) in [5.41, 5.74) is 2.27. The second kappa shape index (κ2) is 7.52. The summed E-state index contributed by atoms with van der Waals surface area (Å²) in [5, 5.41) is 7.35. The maximum Gasteiger partial charge on any atom is 0.305 e. The van der Waals surface area contributed by atoms with Crippen LogP contribution in [-0.4, -0.2) is 36.6 Å². The number of carbonyl (C=O) groups is 1. The highest BCUT2D eigenvalue weighted by atomic mass is 32.1. The second-order valence-electron chi connectivity index (χ2n) is 4.57. The molecule has 20 heavy (non-hydrogen) atoms. The van der Waals surface area contributed by atoms with Gasteiger partial charge in [0.15, 0.2) is 0 Å². The summed E-state index contributed by atoms with van der Waals surface area (Å²) in [5.74, 6) is -0.146. The predicted octanol–water partition coefficient (Wildman–Crippen LogP) is 3.26. The highest BCUT2D eigenvalue weighted by Crippen LogP contribution is 2.25. The Kier molecular flexibility index (Phi) is 5.70. The van der Waals surface area contributed by atoms with Crippen molar-refractivity contribution in [3.05, 3.63) is 27.9 Å². The van der Waals surface area contributed by atoms with Crippen molar-refractivity contribution in [3.63, 3.8) is 0 Å². The van der Waals surface area contributed by atoms with Gasteiger partial charge in [-0.3, -0.25) is 4.79 Å². The minimum Gasteiger partial charge on any atom is -0.469 e. The molecule has 0 fully saturated rings. The lowest BCUT2D eigenvalue weighted by Gasteiger charge is -2.14. The van der Waals surface area contributed by atoms with Gasteiger partial charge in [0, 0.05) is 29.3 Å². The Bertz CT molecular complexity index is 537. The van der Waals surface area contributed by atoms with Crippen molar-refractivity contribution in [2.24, 2.45) is 0 Å². The third-order valence-electron chi connectivity index (χ3n) is 2.90. The van der Waals surface area contributed by atoms with Gasteiger partial charge in [-0.1, -0.05) is 0 Å². The van der Waals surface area contributed by atoms with E-state index in [4.69, 9.17) is 0 Å². The fraction of sp³-hybridized carbons (Fsp3) is 0.429. The molecule has 0 N–H and O–H groups in total. The molecule has 0 spiro atoms. The van der Waals surface area contributed by atoms with Gasteiger partial charge < -0.3 is 9.64 Å². The number of hydrogen-bond acceptors (Lipinski definition) is 6. The van der Waals surface area contributed by atoms with E-state index in [1.165, 1.54) is 12.7 Å². The lowest BCUT2D eigenvalue weighted by molar-refractivity contribution is -0.140. The Morgan fingerprint density at radius 1 is 1.45 bits per heavy atom. The number of ether oxygens (including phenoxy) is 1. The topological polar surface area (TPSA) is 42.4 Å². The molecular weight excluding hydrogens is 292 g/mol. The van der Waals surface area contributed by atoms with Gasteiger partial charge >= 0.3 is 5.97 Å². The number of thiazole rings is 1. The van der Waals surface area contributed by atoms with E-state index in [1.54, 1.807) is 22.7 Å². The first-order chi connectivity index (χ1) is 9.69. The van der Waals surface area contributed by atoms with Crippen LogP contribution in [-0.2, 0) is 16.1 Å². The Morgan fingerprint density at radius 3 is 3.00 bits per heavy atom. The summed E-state index contributed by atoms with van der Waals surface area (Å²) in [7, 11) is 3.47. The van der Waals surface area contributed by atoms with E-state index >= 15 is 0 Å². The summed E-state index contributed by atoms with van der Waals surface area (Å²) in [4.78, 5) is 17.9. The molecule has 2 aromatic rings. The Hall–Kier alpha value is -1.24. The number of carbonyl (C=O) groups excluding carboxylic acids is 1. The summed E-state index contributed by atoms with van der Waals surface area (Å²) in [6.45, 7) is 1.67. The van der Waals surface area contributed by atoms with Crippen LogP contribution in [0.2, 0.25) is 0 Å². The van der Waals surface area contributed by atoms with Crippen molar-refractivity contribution in [2.75, 3.05) is 20.7 Å². The second-order valence-corrected chi connectivity index (χ2v) is 6.21. The molecule has 2 aromatic heterocycles. The smallest absolute Gasteiger partial charge is 0.305 e. The van der Waals surface area contributed by atoms with Crippen LogP contribution in [0.3, 0.4) is 0 Å². The number of nitrogens with zero attached hydrogens (tertiary/aromatic N) is 2. The monoisotopic (exact) mass is 310 g/mol. The molecule has 0 radical (unpaired) electrons. The summed E-state index contributed by atoms with van der Waals surface area (Å²) in [6, 6.07) is 2.09. The summed E-state index contributed by atoms with van der Waals surface area (Å²) in [6.07, 6.45) is 1.28. The van der Waals surface area contributed by atoms with Crippen LogP contribution in [0.5, 0.6) is 0 Å². The van der Waals surface area contributed by atoms with Crippen molar-refractivity contribution in [2.45, 2.75) is 19.4 Å². The number of thiophene rings is 1. The van der Waals surface area contributed by atoms with Crippen molar-refractivity contribution < 1.29 is 9.53 Å². The molecule has 6 heteroatoms. The molecule has 0 aliphatic carbocycles. The molecule has 0 aliphatic rings. The highest BCUT2D eigenvalue weighted by Gasteiger charge is 2.08. The fourth-order valence-electron chi connectivity index (χ4n) is 1.85. The molecule has 0 saturated carbocycles. The maximum atomic E-state index is 11.0. The molecule has 4 nitrogen and oxygen atoms in total. The molecule has 0 amide bonds. The van der Waals surface area contributed by atoms with Gasteiger partial charge in [0.2, 0.25) is 0 Å². The zero-order chi connectivity index (χ0) is 14.4. The Labute approximate surface area is 127 Å². The average Bonchev–Trinajstić information content (AvgIpc) is 3.08. The van der Waals surface area contributed by atoms with E-state index < -0.39 is 0 Å². The predicted molar refractivity (Wildman–Crippen MR) is 83.0 cm³/mol. The minimum absolute atomic E-state index is 0.146. The van der Waals surface area contributed by atoms with Gasteiger partial charge in [0.25, 0.3) is 0 Å². The highest BCUT2D eigenvalue weighted by molar-refractivity contribution is 7.14. The van der Waals surface area contributed by atoms with Crippen LogP contribution in [0.1, 0.15) is 18.5 Å². The van der Waals surface area contributed by atoms with Crippen molar-refractivity contribution in [1.29, 1.82) is 0 Å². The van der Waals surface area contributed by atoms with Crippen LogP contribution >= 0.6 is 22.7 Å². The van der Waals surface area contributed by atoms with E-state index in [1.807, 2.05) is 7.05 Å². The third kappa shape index (κ3) is 4.40. The SMILES string of the molecule is COC(=O)CCCN(C)Cc1csc(-c2ccsc2)n1. The zero-order valence-electron chi connectivity index (χ0n) is 11.7. The first-order valence-electron chi connectivity index (χ1n) is 6.41. The first kappa shape index (κ1) is 15.2. The molecule has 0 aliphatic heterocycles. The average molecular weight is 310 g/mol. The number of aromatic nitrogens is 1. The largest absolute Gasteiger partial charge is 0.469 e. The van der Waals surface area contributed by atoms with Crippen LogP contribution in [0.4, 0.5) is 0 Å². The maximum absolute atomic E-state index is 11.0. The molecule has 0 bridgehead atoms. The van der Waals surface area contributed by atoms with Crippen LogP contribution in [0.25, 0.3) is 10.6 Å². The summed E-state index contributed by atoms with van der Waals surface area (Å²) < 4.78 is 4.63. The Morgan fingerprint density at radius 2 is 2.30 bits per heavy atom. The van der Waals surface area contributed by atoms with Crippen LogP contribution in [0, 0.1) is 0 Å². The van der Waals surface area contributed by atoms with E-state index in [9.17, 15) is 4.79 Å². The van der Waals surface area contributed by atoms with Gasteiger partial charge in [-0.05, 0) is 31.5 Å². The van der Waals surface area contributed by atoms with E-state index in [0.29, 0.717) is 6.42 Å². The lowest BCUT2D eigenvalue weighted by Crippen LogP contribution is -2.20. The third-order valence-corrected chi connectivity index (χ3v) is 4.52. The first-order valence-corrected chi connectivity index (χ1v) is 8.23. The number of methoxy groups -OCH3 is 1. The minimum atomic E-state index is -0.146. The normalized spacial score (nSPS) is 10.9. The van der Waals surface area contributed by atoms with Crippen LogP contribution < -0.4 is 0 Å². The molecule has 2 rings (SSSR count). The van der Waals surface area contributed by atoms with Crippen molar-refractivity contribution in [3.8, 4) is 10.6 Å².